The largest absolute Gasteiger partial charge is 0.338 e. The monoisotopic (exact) mass is 371 g/mol. The summed E-state index contributed by atoms with van der Waals surface area (Å²) in [5.41, 5.74) is 1.48. The van der Waals surface area contributed by atoms with Crippen molar-refractivity contribution in [2.75, 3.05) is 13.1 Å². The van der Waals surface area contributed by atoms with Gasteiger partial charge in [0.15, 0.2) is 0 Å². The number of fused-ring (bicyclic) bond motifs is 2. The molecule has 26 heavy (non-hydrogen) atoms. The van der Waals surface area contributed by atoms with Gasteiger partial charge in [0.1, 0.15) is 10.5 Å². The number of rotatable bonds is 7. The molecule has 6 heteroatoms. The molecule has 3 aromatic heterocycles. The van der Waals surface area contributed by atoms with Crippen LogP contribution in [0.3, 0.4) is 0 Å². The molecule has 0 N–H and O–H groups in total. The maximum absolute atomic E-state index is 13.0. The van der Waals surface area contributed by atoms with Crippen molar-refractivity contribution >= 4 is 33.1 Å². The zero-order valence-corrected chi connectivity index (χ0v) is 16.4. The maximum atomic E-state index is 13.0. The minimum absolute atomic E-state index is 0.0140. The molecule has 138 valence electrons. The second kappa shape index (κ2) is 7.99. The van der Waals surface area contributed by atoms with Crippen molar-refractivity contribution in [3.05, 3.63) is 45.2 Å². The molecule has 3 rings (SSSR count). The molecule has 3 aromatic rings. The van der Waals surface area contributed by atoms with Gasteiger partial charge in [0.25, 0.3) is 11.5 Å². The number of pyridine rings is 1. The van der Waals surface area contributed by atoms with Crippen molar-refractivity contribution in [2.24, 2.45) is 0 Å². The second-order valence-corrected chi connectivity index (χ2v) is 7.66. The molecule has 0 aliphatic rings. The van der Waals surface area contributed by atoms with E-state index in [0.717, 1.165) is 44.3 Å². The van der Waals surface area contributed by atoms with Gasteiger partial charge in [-0.15, -0.1) is 11.3 Å². The number of carbonyl (C=O) groups is 1. The van der Waals surface area contributed by atoms with Crippen LogP contribution in [-0.2, 0) is 0 Å². The van der Waals surface area contributed by atoms with Crippen molar-refractivity contribution in [3.63, 3.8) is 0 Å². The Kier molecular flexibility index (Phi) is 5.71. The second-order valence-electron chi connectivity index (χ2n) is 6.63. The summed E-state index contributed by atoms with van der Waals surface area (Å²) < 4.78 is 1.56. The van der Waals surface area contributed by atoms with Gasteiger partial charge < -0.3 is 4.90 Å². The molecule has 0 fully saturated rings. The van der Waals surface area contributed by atoms with E-state index in [0.29, 0.717) is 20.7 Å². The molecular weight excluding hydrogens is 346 g/mol. The molecule has 0 saturated carbocycles. The Morgan fingerprint density at radius 2 is 1.92 bits per heavy atom. The van der Waals surface area contributed by atoms with Gasteiger partial charge in [-0.25, -0.2) is 4.98 Å². The summed E-state index contributed by atoms with van der Waals surface area (Å²) in [6.45, 7) is 7.71. The Balaban J connectivity index is 2.03. The number of aryl methyl sites for hydroxylation is 1. The molecular formula is C20H25N3O2S. The highest BCUT2D eigenvalue weighted by Crippen LogP contribution is 2.24. The smallest absolute Gasteiger partial charge is 0.266 e. The van der Waals surface area contributed by atoms with Crippen molar-refractivity contribution < 1.29 is 4.79 Å². The van der Waals surface area contributed by atoms with Gasteiger partial charge in [0, 0.05) is 19.3 Å². The predicted molar refractivity (Wildman–Crippen MR) is 107 cm³/mol. The topological polar surface area (TPSA) is 54.7 Å². The van der Waals surface area contributed by atoms with Gasteiger partial charge in [-0.3, -0.25) is 14.0 Å². The standard InChI is InChI=1S/C20H25N3O2S/c1-4-6-10-22(11-7-5-2)20(25)16-13-15-18(26-16)21-17-14(3)9-8-12-23(17)19(15)24/h8-9,12-13H,4-7,10-11H2,1-3H3. The highest BCUT2D eigenvalue weighted by Gasteiger charge is 2.20. The average molecular weight is 372 g/mol. The Morgan fingerprint density at radius 1 is 1.23 bits per heavy atom. The highest BCUT2D eigenvalue weighted by molar-refractivity contribution is 7.20. The summed E-state index contributed by atoms with van der Waals surface area (Å²) in [5, 5.41) is 0.521. The van der Waals surface area contributed by atoms with Crippen LogP contribution in [0.2, 0.25) is 0 Å². The van der Waals surface area contributed by atoms with E-state index in [1.807, 2.05) is 24.0 Å². The molecule has 5 nitrogen and oxygen atoms in total. The van der Waals surface area contributed by atoms with Crippen molar-refractivity contribution in [1.82, 2.24) is 14.3 Å². The lowest BCUT2D eigenvalue weighted by atomic mass is 10.2. The molecule has 0 saturated heterocycles. The van der Waals surface area contributed by atoms with E-state index in [1.54, 1.807) is 16.7 Å². The number of carbonyl (C=O) groups excluding carboxylic acids is 1. The van der Waals surface area contributed by atoms with Crippen LogP contribution in [0.4, 0.5) is 0 Å². The van der Waals surface area contributed by atoms with E-state index in [9.17, 15) is 9.59 Å². The first kappa shape index (κ1) is 18.6. The number of aromatic nitrogens is 2. The maximum Gasteiger partial charge on any atom is 0.266 e. The Hall–Kier alpha value is -2.21. The van der Waals surface area contributed by atoms with Gasteiger partial charge in [-0.2, -0.15) is 0 Å². The van der Waals surface area contributed by atoms with E-state index in [2.05, 4.69) is 18.8 Å². The molecule has 0 atom stereocenters. The zero-order chi connectivity index (χ0) is 18.7. The normalized spacial score (nSPS) is 11.3. The molecule has 0 aliphatic heterocycles. The van der Waals surface area contributed by atoms with Crippen molar-refractivity contribution in [3.8, 4) is 0 Å². The molecule has 0 unspecified atom stereocenters. The number of nitrogens with zero attached hydrogens (tertiary/aromatic N) is 3. The average Bonchev–Trinajstić information content (AvgIpc) is 3.07. The third-order valence-corrected chi connectivity index (χ3v) is 5.61. The number of amides is 1. The predicted octanol–water partition coefficient (Wildman–Crippen LogP) is 4.26. The van der Waals surface area contributed by atoms with E-state index >= 15 is 0 Å². The summed E-state index contributed by atoms with van der Waals surface area (Å²) in [4.78, 5) is 33.6. The summed E-state index contributed by atoms with van der Waals surface area (Å²) in [6.07, 6.45) is 5.81. The lowest BCUT2D eigenvalue weighted by Crippen LogP contribution is -2.32. The summed E-state index contributed by atoms with van der Waals surface area (Å²) in [7, 11) is 0. The van der Waals surface area contributed by atoms with Gasteiger partial charge in [-0.1, -0.05) is 32.8 Å². The van der Waals surface area contributed by atoms with Crippen LogP contribution in [0.5, 0.6) is 0 Å². The van der Waals surface area contributed by atoms with Crippen molar-refractivity contribution in [1.29, 1.82) is 0 Å². The van der Waals surface area contributed by atoms with Crippen LogP contribution in [0.1, 0.15) is 54.8 Å². The summed E-state index contributed by atoms with van der Waals surface area (Å²) in [6, 6.07) is 5.49. The molecule has 0 spiro atoms. The molecule has 0 radical (unpaired) electrons. The third-order valence-electron chi connectivity index (χ3n) is 4.59. The van der Waals surface area contributed by atoms with E-state index in [1.165, 1.54) is 11.3 Å². The van der Waals surface area contributed by atoms with Gasteiger partial charge in [-0.05, 0) is 37.5 Å². The van der Waals surface area contributed by atoms with E-state index in [4.69, 9.17) is 0 Å². The van der Waals surface area contributed by atoms with Crippen LogP contribution in [0, 0.1) is 6.92 Å². The fraction of sp³-hybridized carbons (Fsp3) is 0.450. The first-order chi connectivity index (χ1) is 12.6. The molecule has 0 aromatic carbocycles. The summed E-state index contributed by atoms with van der Waals surface area (Å²) in [5.74, 6) is 0.0140. The molecule has 0 bridgehead atoms. The Morgan fingerprint density at radius 3 is 2.58 bits per heavy atom. The summed E-state index contributed by atoms with van der Waals surface area (Å²) >= 11 is 1.32. The Bertz CT molecular complexity index is 982. The fourth-order valence-electron chi connectivity index (χ4n) is 3.03. The number of hydrogen-bond acceptors (Lipinski definition) is 4. The van der Waals surface area contributed by atoms with Gasteiger partial charge >= 0.3 is 0 Å². The van der Waals surface area contributed by atoms with Crippen LogP contribution < -0.4 is 5.56 Å². The third kappa shape index (κ3) is 3.51. The van der Waals surface area contributed by atoms with Crippen molar-refractivity contribution in [2.45, 2.75) is 46.5 Å². The van der Waals surface area contributed by atoms with E-state index < -0.39 is 0 Å². The quantitative estimate of drug-likeness (QED) is 0.623. The van der Waals surface area contributed by atoms with Crippen LogP contribution in [0.15, 0.2) is 29.2 Å². The lowest BCUT2D eigenvalue weighted by molar-refractivity contribution is 0.0756. The minimum atomic E-state index is -0.113. The number of hydrogen-bond donors (Lipinski definition) is 0. The molecule has 0 aliphatic carbocycles. The fourth-order valence-corrected chi connectivity index (χ4v) is 4.02. The van der Waals surface area contributed by atoms with E-state index in [-0.39, 0.29) is 11.5 Å². The minimum Gasteiger partial charge on any atom is -0.338 e. The van der Waals surface area contributed by atoms with Crippen LogP contribution in [0.25, 0.3) is 15.9 Å². The first-order valence-corrected chi connectivity index (χ1v) is 10.1. The molecule has 1 amide bonds. The SMILES string of the molecule is CCCCN(CCCC)C(=O)c1cc2c(=O)n3cccc(C)c3nc2s1. The van der Waals surface area contributed by atoms with Crippen LogP contribution >= 0.6 is 11.3 Å². The zero-order valence-electron chi connectivity index (χ0n) is 15.6. The van der Waals surface area contributed by atoms with Crippen LogP contribution in [-0.4, -0.2) is 33.3 Å². The number of unbranched alkanes of at least 4 members (excludes halogenated alkanes) is 2. The lowest BCUT2D eigenvalue weighted by Gasteiger charge is -2.21. The molecule has 3 heterocycles. The van der Waals surface area contributed by atoms with Gasteiger partial charge in [0.05, 0.1) is 10.3 Å². The highest BCUT2D eigenvalue weighted by atomic mass is 32.1. The first-order valence-electron chi connectivity index (χ1n) is 9.27. The Labute approximate surface area is 157 Å². The number of thiophene rings is 1. The van der Waals surface area contributed by atoms with Gasteiger partial charge in [0.2, 0.25) is 0 Å².